The molecule has 0 bridgehead atoms. The van der Waals surface area contributed by atoms with E-state index in [1.54, 1.807) is 6.08 Å². The number of ketones is 1. The summed E-state index contributed by atoms with van der Waals surface area (Å²) in [6.45, 7) is 12.9. The fourth-order valence-electron chi connectivity index (χ4n) is 1.83. The lowest BCUT2D eigenvalue weighted by molar-refractivity contribution is -0.158. The van der Waals surface area contributed by atoms with Crippen LogP contribution < -0.4 is 0 Å². The van der Waals surface area contributed by atoms with Crippen LogP contribution in [0.4, 0.5) is 0 Å². The van der Waals surface area contributed by atoms with Crippen LogP contribution in [-0.4, -0.2) is 17.9 Å². The first-order chi connectivity index (χ1) is 8.12. The van der Waals surface area contributed by atoms with E-state index in [-0.39, 0.29) is 23.8 Å². The zero-order valence-corrected chi connectivity index (χ0v) is 11.9. The van der Waals surface area contributed by atoms with E-state index in [1.165, 1.54) is 0 Å². The van der Waals surface area contributed by atoms with Gasteiger partial charge in [0.15, 0.2) is 5.78 Å². The first-order valence-corrected chi connectivity index (χ1v) is 6.21. The van der Waals surface area contributed by atoms with Gasteiger partial charge in [-0.1, -0.05) is 12.2 Å². The van der Waals surface area contributed by atoms with Crippen molar-refractivity contribution in [3.05, 3.63) is 23.8 Å². The molecule has 3 heteroatoms. The van der Waals surface area contributed by atoms with E-state index in [0.717, 1.165) is 11.1 Å². The van der Waals surface area contributed by atoms with Gasteiger partial charge in [-0.05, 0) is 46.3 Å². The number of allylic oxidation sites excluding steroid dienone is 2. The van der Waals surface area contributed by atoms with E-state index in [1.807, 2.05) is 34.6 Å². The summed E-state index contributed by atoms with van der Waals surface area (Å²) in [6.07, 6.45) is 1.78. The average Bonchev–Trinajstić information content (AvgIpc) is 2.19. The summed E-state index contributed by atoms with van der Waals surface area (Å²) in [6, 6.07) is 0. The number of esters is 1. The standard InChI is InChI=1S/C15H22O3/c1-9(2)11-8-13(10(3)7-12(11)16)18-14(17)15(4,5)6/h7,11,13H,1,8H2,2-6H3/t11-,13+/m1/s1. The molecule has 0 aliphatic heterocycles. The number of carbonyl (C=O) groups excluding carboxylic acids is 2. The first-order valence-electron chi connectivity index (χ1n) is 6.21. The molecule has 0 N–H and O–H groups in total. The molecule has 0 amide bonds. The van der Waals surface area contributed by atoms with Gasteiger partial charge in [-0.25, -0.2) is 0 Å². The maximum Gasteiger partial charge on any atom is 0.311 e. The molecule has 0 aromatic heterocycles. The molecule has 0 saturated heterocycles. The zero-order valence-electron chi connectivity index (χ0n) is 11.9. The molecule has 0 aromatic rings. The maximum absolute atomic E-state index is 11.9. The van der Waals surface area contributed by atoms with E-state index in [0.29, 0.717) is 6.42 Å². The van der Waals surface area contributed by atoms with E-state index < -0.39 is 5.41 Å². The van der Waals surface area contributed by atoms with E-state index in [9.17, 15) is 9.59 Å². The van der Waals surface area contributed by atoms with Crippen molar-refractivity contribution in [2.45, 2.75) is 47.1 Å². The number of hydrogen-bond donors (Lipinski definition) is 0. The SMILES string of the molecule is C=C(C)[C@H]1C[C@H](OC(=O)C(C)(C)C)C(C)=CC1=O. The Morgan fingerprint density at radius 2 is 2.00 bits per heavy atom. The van der Waals surface area contributed by atoms with E-state index >= 15 is 0 Å². The maximum atomic E-state index is 11.9. The molecule has 0 saturated carbocycles. The van der Waals surface area contributed by atoms with Gasteiger partial charge < -0.3 is 4.74 Å². The molecule has 1 aliphatic carbocycles. The predicted octanol–water partition coefficient (Wildman–Crippen LogP) is 3.06. The van der Waals surface area contributed by atoms with Gasteiger partial charge in [0.25, 0.3) is 0 Å². The molecule has 0 spiro atoms. The van der Waals surface area contributed by atoms with Crippen molar-refractivity contribution in [2.24, 2.45) is 11.3 Å². The summed E-state index contributed by atoms with van der Waals surface area (Å²) in [4.78, 5) is 23.7. The molecular weight excluding hydrogens is 228 g/mol. The minimum absolute atomic E-state index is 0.0584. The van der Waals surface area contributed by atoms with Crippen LogP contribution in [0, 0.1) is 11.3 Å². The van der Waals surface area contributed by atoms with Crippen LogP contribution in [-0.2, 0) is 14.3 Å². The van der Waals surface area contributed by atoms with Crippen LogP contribution in [0.5, 0.6) is 0 Å². The monoisotopic (exact) mass is 250 g/mol. The summed E-state index contributed by atoms with van der Waals surface area (Å²) < 4.78 is 5.50. The Labute approximate surface area is 109 Å². The summed E-state index contributed by atoms with van der Waals surface area (Å²) >= 11 is 0. The van der Waals surface area contributed by atoms with Crippen LogP contribution in [0.15, 0.2) is 23.8 Å². The first kappa shape index (κ1) is 14.7. The van der Waals surface area contributed by atoms with Crippen molar-refractivity contribution < 1.29 is 14.3 Å². The molecule has 0 unspecified atom stereocenters. The van der Waals surface area contributed by atoms with Gasteiger partial charge in [0.2, 0.25) is 0 Å². The van der Waals surface area contributed by atoms with E-state index in [4.69, 9.17) is 4.74 Å². The highest BCUT2D eigenvalue weighted by atomic mass is 16.5. The Morgan fingerprint density at radius 3 is 2.44 bits per heavy atom. The van der Waals surface area contributed by atoms with Crippen molar-refractivity contribution in [1.29, 1.82) is 0 Å². The lowest BCUT2D eigenvalue weighted by Crippen LogP contribution is -2.34. The van der Waals surface area contributed by atoms with Crippen LogP contribution >= 0.6 is 0 Å². The highest BCUT2D eigenvalue weighted by Crippen LogP contribution is 2.29. The molecule has 0 radical (unpaired) electrons. The van der Waals surface area contributed by atoms with Crippen LogP contribution in [0.25, 0.3) is 0 Å². The van der Waals surface area contributed by atoms with Gasteiger partial charge in [0, 0.05) is 12.3 Å². The molecule has 0 aromatic carbocycles. The largest absolute Gasteiger partial charge is 0.457 e. The Hall–Kier alpha value is -1.38. The average molecular weight is 250 g/mol. The lowest BCUT2D eigenvalue weighted by Gasteiger charge is -2.29. The minimum atomic E-state index is -0.527. The molecule has 1 aliphatic rings. The van der Waals surface area contributed by atoms with Crippen molar-refractivity contribution in [2.75, 3.05) is 0 Å². The second-order valence-electron chi connectivity index (χ2n) is 6.07. The van der Waals surface area contributed by atoms with Crippen LogP contribution in [0.2, 0.25) is 0 Å². The van der Waals surface area contributed by atoms with Crippen LogP contribution in [0.1, 0.15) is 41.0 Å². The third-order valence-corrected chi connectivity index (χ3v) is 3.13. The van der Waals surface area contributed by atoms with Crippen molar-refractivity contribution in [3.63, 3.8) is 0 Å². The van der Waals surface area contributed by atoms with Gasteiger partial charge in [-0.3, -0.25) is 9.59 Å². The molecule has 100 valence electrons. The highest BCUT2D eigenvalue weighted by Gasteiger charge is 2.33. The lowest BCUT2D eigenvalue weighted by atomic mass is 9.83. The van der Waals surface area contributed by atoms with Gasteiger partial charge in [-0.2, -0.15) is 0 Å². The molecule has 1 rings (SSSR count). The van der Waals surface area contributed by atoms with E-state index in [2.05, 4.69) is 6.58 Å². The molecule has 0 fully saturated rings. The minimum Gasteiger partial charge on any atom is -0.457 e. The number of hydrogen-bond acceptors (Lipinski definition) is 3. The number of carbonyl (C=O) groups is 2. The molecular formula is C15H22O3. The van der Waals surface area contributed by atoms with Gasteiger partial charge in [-0.15, -0.1) is 0 Å². The molecule has 0 heterocycles. The normalized spacial score (nSPS) is 24.5. The van der Waals surface area contributed by atoms with Crippen molar-refractivity contribution >= 4 is 11.8 Å². The Balaban J connectivity index is 2.85. The van der Waals surface area contributed by atoms with Crippen molar-refractivity contribution in [3.8, 4) is 0 Å². The summed E-state index contributed by atoms with van der Waals surface area (Å²) in [5.74, 6) is -0.412. The molecule has 3 nitrogen and oxygen atoms in total. The molecule has 18 heavy (non-hydrogen) atoms. The summed E-state index contributed by atoms with van der Waals surface area (Å²) in [5.41, 5.74) is 1.11. The topological polar surface area (TPSA) is 43.4 Å². The highest BCUT2D eigenvalue weighted by molar-refractivity contribution is 5.95. The summed E-state index contributed by atoms with van der Waals surface area (Å²) in [5, 5.41) is 0. The van der Waals surface area contributed by atoms with Gasteiger partial charge in [0.1, 0.15) is 6.10 Å². The quantitative estimate of drug-likeness (QED) is 0.559. The van der Waals surface area contributed by atoms with Crippen molar-refractivity contribution in [1.82, 2.24) is 0 Å². The summed E-state index contributed by atoms with van der Waals surface area (Å²) in [7, 11) is 0. The zero-order chi connectivity index (χ0) is 14.1. The van der Waals surface area contributed by atoms with Gasteiger partial charge >= 0.3 is 5.97 Å². The third-order valence-electron chi connectivity index (χ3n) is 3.13. The second-order valence-corrected chi connectivity index (χ2v) is 6.07. The van der Waals surface area contributed by atoms with Crippen LogP contribution in [0.3, 0.4) is 0 Å². The number of rotatable bonds is 2. The predicted molar refractivity (Wildman–Crippen MR) is 71.0 cm³/mol. The Kier molecular flexibility index (Phi) is 4.15. The Morgan fingerprint density at radius 1 is 1.44 bits per heavy atom. The smallest absolute Gasteiger partial charge is 0.311 e. The Bertz CT molecular complexity index is 410. The second kappa shape index (κ2) is 5.09. The molecule has 2 atom stereocenters. The third kappa shape index (κ3) is 3.31. The number of ether oxygens (including phenoxy) is 1. The van der Waals surface area contributed by atoms with Gasteiger partial charge in [0.05, 0.1) is 5.41 Å². The fraction of sp³-hybridized carbons (Fsp3) is 0.600. The fourth-order valence-corrected chi connectivity index (χ4v) is 1.83.